The van der Waals surface area contributed by atoms with Gasteiger partial charge in [0.05, 0.1) is 5.39 Å². The minimum Gasteiger partial charge on any atom is -0.364 e. The largest absolute Gasteiger partial charge is 0.411 e. The van der Waals surface area contributed by atoms with Gasteiger partial charge in [-0.1, -0.05) is 12.1 Å². The van der Waals surface area contributed by atoms with Gasteiger partial charge in [0.1, 0.15) is 29.7 Å². The summed E-state index contributed by atoms with van der Waals surface area (Å²) in [6, 6.07) is 5.70. The van der Waals surface area contributed by atoms with Gasteiger partial charge in [-0.15, -0.1) is 11.3 Å². The molecule has 0 spiro atoms. The summed E-state index contributed by atoms with van der Waals surface area (Å²) < 4.78 is 54.0. The van der Waals surface area contributed by atoms with Crippen LogP contribution in [0.1, 0.15) is 10.7 Å². The highest BCUT2D eigenvalue weighted by Gasteiger charge is 2.27. The van der Waals surface area contributed by atoms with E-state index in [4.69, 9.17) is 0 Å². The van der Waals surface area contributed by atoms with Crippen molar-refractivity contribution in [2.24, 2.45) is 0 Å². The molecule has 0 radical (unpaired) electrons. The van der Waals surface area contributed by atoms with E-state index in [1.165, 1.54) is 23.5 Å². The zero-order valence-electron chi connectivity index (χ0n) is 12.9. The maximum absolute atomic E-state index is 13.1. The lowest BCUT2D eigenvalue weighted by Crippen LogP contribution is -2.18. The van der Waals surface area contributed by atoms with Crippen molar-refractivity contribution in [3.8, 4) is 11.1 Å². The first-order valence-electron chi connectivity index (χ1n) is 7.17. The summed E-state index contributed by atoms with van der Waals surface area (Å²) in [5.41, 5.74) is 0.828. The van der Waals surface area contributed by atoms with Crippen molar-refractivity contribution in [1.82, 2.24) is 9.97 Å². The second kappa shape index (κ2) is 6.57. The topological polar surface area (TPSA) is 55.0 Å². The number of alkyl halides is 3. The van der Waals surface area contributed by atoms with Gasteiger partial charge in [-0.3, -0.25) is 4.79 Å². The molecule has 0 fully saturated rings. The van der Waals surface area contributed by atoms with Crippen LogP contribution in [0.25, 0.3) is 21.3 Å². The highest BCUT2D eigenvalue weighted by Crippen LogP contribution is 2.35. The minimum atomic E-state index is -4.44. The average molecular weight is 372 g/mol. The van der Waals surface area contributed by atoms with Gasteiger partial charge in [0.25, 0.3) is 5.56 Å². The molecule has 4 nitrogen and oxygen atoms in total. The first-order chi connectivity index (χ1) is 11.7. The van der Waals surface area contributed by atoms with Crippen molar-refractivity contribution in [2.45, 2.75) is 19.7 Å². The Hall–Kier alpha value is -2.26. The molecule has 0 aliphatic rings. The van der Waals surface area contributed by atoms with Crippen molar-refractivity contribution >= 4 is 21.6 Å². The number of fused-ring (bicyclic) bond motifs is 1. The molecule has 0 aliphatic carbocycles. The van der Waals surface area contributed by atoms with E-state index in [0.717, 1.165) is 4.88 Å². The van der Waals surface area contributed by atoms with Crippen molar-refractivity contribution < 1.29 is 22.3 Å². The Bertz CT molecular complexity index is 961. The van der Waals surface area contributed by atoms with Gasteiger partial charge >= 0.3 is 6.18 Å². The Labute approximate surface area is 143 Å². The second-order valence-electron chi connectivity index (χ2n) is 5.34. The van der Waals surface area contributed by atoms with Crippen LogP contribution in [0.15, 0.2) is 29.1 Å². The third-order valence-electron chi connectivity index (χ3n) is 3.42. The van der Waals surface area contributed by atoms with Crippen LogP contribution in [0.4, 0.5) is 17.6 Å². The Morgan fingerprint density at radius 1 is 1.24 bits per heavy atom. The Morgan fingerprint density at radius 3 is 2.56 bits per heavy atom. The Balaban J connectivity index is 1.98. The number of hydrogen-bond donors (Lipinski definition) is 1. The van der Waals surface area contributed by atoms with E-state index in [-0.39, 0.29) is 5.82 Å². The molecule has 0 saturated carbocycles. The normalized spacial score (nSPS) is 12.0. The van der Waals surface area contributed by atoms with E-state index in [1.807, 2.05) is 0 Å². The summed E-state index contributed by atoms with van der Waals surface area (Å²) in [4.78, 5) is 20.2. The molecular formula is C16H12F4N2O2S. The Morgan fingerprint density at radius 2 is 1.92 bits per heavy atom. The van der Waals surface area contributed by atoms with Gasteiger partial charge in [0, 0.05) is 10.4 Å². The number of nitrogens with zero attached hydrogens (tertiary/aromatic N) is 1. The standard InChI is InChI=1S/C16H12F4N2O2S/c1-8-12(9-2-4-10(17)5-3-9)13-14(23)21-11(22-15(13)25-8)6-24-7-16(18,19)20/h2-5H,6-7H2,1H3,(H,21,22,23). The lowest BCUT2D eigenvalue weighted by Gasteiger charge is -2.07. The summed E-state index contributed by atoms with van der Waals surface area (Å²) in [5, 5.41) is 0.327. The number of aryl methyl sites for hydroxylation is 1. The molecule has 0 aliphatic heterocycles. The fourth-order valence-electron chi connectivity index (χ4n) is 2.46. The molecule has 2 heterocycles. The van der Waals surface area contributed by atoms with Crippen LogP contribution in [0, 0.1) is 12.7 Å². The van der Waals surface area contributed by atoms with Crippen LogP contribution in [0.3, 0.4) is 0 Å². The van der Waals surface area contributed by atoms with E-state index in [2.05, 4.69) is 14.7 Å². The first kappa shape index (κ1) is 17.6. The Kier molecular flexibility index (Phi) is 4.61. The summed E-state index contributed by atoms with van der Waals surface area (Å²) in [6.45, 7) is -0.0726. The molecule has 0 bridgehead atoms. The summed E-state index contributed by atoms with van der Waals surface area (Å²) >= 11 is 1.24. The average Bonchev–Trinajstić information content (AvgIpc) is 2.83. The number of aromatic nitrogens is 2. The maximum Gasteiger partial charge on any atom is 0.411 e. The number of ether oxygens (including phenoxy) is 1. The number of H-pyrrole nitrogens is 1. The molecule has 1 aromatic carbocycles. The van der Waals surface area contributed by atoms with Crippen LogP contribution in [0.2, 0.25) is 0 Å². The number of thiophene rings is 1. The van der Waals surface area contributed by atoms with Gasteiger partial charge in [0.15, 0.2) is 0 Å². The highest BCUT2D eigenvalue weighted by atomic mass is 32.1. The monoisotopic (exact) mass is 372 g/mol. The lowest BCUT2D eigenvalue weighted by molar-refractivity contribution is -0.177. The van der Waals surface area contributed by atoms with E-state index in [1.54, 1.807) is 19.1 Å². The van der Waals surface area contributed by atoms with E-state index in [9.17, 15) is 22.4 Å². The lowest BCUT2D eigenvalue weighted by atomic mass is 10.0. The van der Waals surface area contributed by atoms with Crippen LogP contribution >= 0.6 is 11.3 Å². The molecule has 0 saturated heterocycles. The van der Waals surface area contributed by atoms with Gasteiger partial charge in [0.2, 0.25) is 0 Å². The smallest absolute Gasteiger partial charge is 0.364 e. The van der Waals surface area contributed by atoms with Gasteiger partial charge in [-0.2, -0.15) is 13.2 Å². The van der Waals surface area contributed by atoms with Crippen LogP contribution in [-0.2, 0) is 11.3 Å². The third kappa shape index (κ3) is 3.88. The molecule has 3 aromatic rings. The van der Waals surface area contributed by atoms with Crippen LogP contribution in [0.5, 0.6) is 0 Å². The molecular weight excluding hydrogens is 360 g/mol. The highest BCUT2D eigenvalue weighted by molar-refractivity contribution is 7.19. The summed E-state index contributed by atoms with van der Waals surface area (Å²) in [6.07, 6.45) is -4.44. The molecule has 25 heavy (non-hydrogen) atoms. The number of rotatable bonds is 4. The van der Waals surface area contributed by atoms with Gasteiger partial charge in [-0.25, -0.2) is 9.37 Å². The molecule has 0 atom stereocenters. The molecule has 0 unspecified atom stereocenters. The molecule has 132 valence electrons. The molecule has 3 rings (SSSR count). The number of benzene rings is 1. The molecule has 9 heteroatoms. The van der Waals surface area contributed by atoms with Gasteiger partial charge in [-0.05, 0) is 24.6 Å². The predicted octanol–water partition coefficient (Wildman–Crippen LogP) is 4.18. The maximum atomic E-state index is 13.1. The number of nitrogens with one attached hydrogen (secondary N) is 1. The number of aromatic amines is 1. The predicted molar refractivity (Wildman–Crippen MR) is 86.1 cm³/mol. The van der Waals surface area contributed by atoms with Crippen molar-refractivity contribution in [2.75, 3.05) is 6.61 Å². The molecule has 2 aromatic heterocycles. The van der Waals surface area contributed by atoms with Crippen molar-refractivity contribution in [1.29, 1.82) is 0 Å². The van der Waals surface area contributed by atoms with E-state index in [0.29, 0.717) is 21.3 Å². The summed E-state index contributed by atoms with van der Waals surface area (Å²) in [7, 11) is 0. The summed E-state index contributed by atoms with van der Waals surface area (Å²) in [5.74, 6) is -0.370. The first-order valence-corrected chi connectivity index (χ1v) is 7.99. The van der Waals surface area contributed by atoms with Crippen molar-refractivity contribution in [3.05, 3.63) is 51.1 Å². The molecule has 0 amide bonds. The number of hydrogen-bond acceptors (Lipinski definition) is 4. The fourth-order valence-corrected chi connectivity index (χ4v) is 3.52. The SMILES string of the molecule is Cc1sc2nc(COCC(F)(F)F)[nH]c(=O)c2c1-c1ccc(F)cc1. The zero-order valence-corrected chi connectivity index (χ0v) is 13.7. The minimum absolute atomic E-state index is 0.0219. The van der Waals surface area contributed by atoms with E-state index >= 15 is 0 Å². The van der Waals surface area contributed by atoms with Gasteiger partial charge < -0.3 is 9.72 Å². The number of halogens is 4. The third-order valence-corrected chi connectivity index (χ3v) is 4.42. The van der Waals surface area contributed by atoms with Crippen LogP contribution < -0.4 is 5.56 Å². The van der Waals surface area contributed by atoms with E-state index < -0.39 is 30.8 Å². The zero-order chi connectivity index (χ0) is 18.2. The molecule has 1 N–H and O–H groups in total. The quantitative estimate of drug-likeness (QED) is 0.699. The fraction of sp³-hybridized carbons (Fsp3) is 0.250. The van der Waals surface area contributed by atoms with Crippen molar-refractivity contribution in [3.63, 3.8) is 0 Å². The van der Waals surface area contributed by atoms with Crippen LogP contribution in [-0.4, -0.2) is 22.8 Å². The second-order valence-corrected chi connectivity index (χ2v) is 6.54.